The molecule has 1 aliphatic rings. The number of aromatic nitrogens is 1. The molecule has 162 valence electrons. The Morgan fingerprint density at radius 1 is 1.29 bits per heavy atom. The Morgan fingerprint density at radius 3 is 2.87 bits per heavy atom. The number of piperidine rings is 1. The molecule has 2 aromatic heterocycles. The van der Waals surface area contributed by atoms with Crippen molar-refractivity contribution in [2.24, 2.45) is 5.92 Å². The van der Waals surface area contributed by atoms with Crippen LogP contribution in [0.3, 0.4) is 0 Å². The van der Waals surface area contributed by atoms with Gasteiger partial charge in [0.1, 0.15) is 5.75 Å². The van der Waals surface area contributed by atoms with E-state index in [4.69, 9.17) is 9.84 Å². The number of fused-ring (bicyclic) bond motifs is 1. The second-order valence-electron chi connectivity index (χ2n) is 8.08. The van der Waals surface area contributed by atoms with Crippen LogP contribution in [0.15, 0.2) is 41.9 Å². The van der Waals surface area contributed by atoms with E-state index in [1.807, 2.05) is 24.3 Å². The molecule has 2 atom stereocenters. The molecule has 0 spiro atoms. The second kappa shape index (κ2) is 9.06. The number of carboxylic acid groups (broad SMARTS) is 1. The Bertz CT molecular complexity index is 1110. The normalized spacial score (nSPS) is 17.5. The summed E-state index contributed by atoms with van der Waals surface area (Å²) in [5.74, 6) is -0.319. The fourth-order valence-corrected chi connectivity index (χ4v) is 5.00. The minimum atomic E-state index is -0.815. The van der Waals surface area contributed by atoms with Crippen LogP contribution in [-0.4, -0.2) is 46.1 Å². The van der Waals surface area contributed by atoms with Crippen LogP contribution in [0.5, 0.6) is 5.75 Å². The van der Waals surface area contributed by atoms with Gasteiger partial charge in [0.2, 0.25) is 0 Å². The van der Waals surface area contributed by atoms with Crippen LogP contribution in [0.2, 0.25) is 0 Å². The van der Waals surface area contributed by atoms with Gasteiger partial charge in [-0.3, -0.25) is 14.6 Å². The van der Waals surface area contributed by atoms with E-state index in [2.05, 4.69) is 23.4 Å². The van der Waals surface area contributed by atoms with Crippen molar-refractivity contribution in [1.29, 1.82) is 0 Å². The lowest BCUT2D eigenvalue weighted by Crippen LogP contribution is -2.46. The number of carboxylic acids is 1. The maximum absolute atomic E-state index is 12.9. The first kappa shape index (κ1) is 21.3. The van der Waals surface area contributed by atoms with Crippen molar-refractivity contribution in [2.75, 3.05) is 13.1 Å². The number of carbonyl (C=O) groups is 2. The Hall–Kier alpha value is -2.93. The Kier molecular flexibility index (Phi) is 6.23. The predicted molar refractivity (Wildman–Crippen MR) is 121 cm³/mol. The van der Waals surface area contributed by atoms with Gasteiger partial charge in [0.05, 0.1) is 5.52 Å². The van der Waals surface area contributed by atoms with Gasteiger partial charge < -0.3 is 14.7 Å². The van der Waals surface area contributed by atoms with E-state index in [-0.39, 0.29) is 18.2 Å². The third-order valence-electron chi connectivity index (χ3n) is 5.82. The fourth-order valence-electron chi connectivity index (χ4n) is 4.29. The van der Waals surface area contributed by atoms with Gasteiger partial charge in [-0.1, -0.05) is 0 Å². The minimum Gasteiger partial charge on any atom is -0.481 e. The number of hydrogen-bond acceptors (Lipinski definition) is 5. The summed E-state index contributed by atoms with van der Waals surface area (Å²) >= 11 is 1.72. The minimum absolute atomic E-state index is 0.00579. The van der Waals surface area contributed by atoms with E-state index in [0.29, 0.717) is 18.8 Å². The zero-order valence-corrected chi connectivity index (χ0v) is 18.5. The standard InChI is InChI=1S/C24H26N2O4S/c1-15(24(29)26-10-3-4-17(14-26)12-23(27)28)30-18-5-6-21-20(7-9-25-22(21)13-18)19-8-11-31-16(19)2/h5-9,11,13,15,17H,3-4,10,12,14H2,1-2H3,(H,27,28)/t15-,17-/m1/s1. The number of thiophene rings is 1. The number of benzene rings is 1. The van der Waals surface area contributed by atoms with Crippen LogP contribution >= 0.6 is 11.3 Å². The third-order valence-corrected chi connectivity index (χ3v) is 6.66. The van der Waals surface area contributed by atoms with Crippen LogP contribution in [0.25, 0.3) is 22.0 Å². The number of amides is 1. The second-order valence-corrected chi connectivity index (χ2v) is 9.20. The van der Waals surface area contributed by atoms with Crippen LogP contribution in [-0.2, 0) is 9.59 Å². The first-order valence-electron chi connectivity index (χ1n) is 10.5. The quantitative estimate of drug-likeness (QED) is 0.601. The van der Waals surface area contributed by atoms with E-state index in [0.717, 1.165) is 29.3 Å². The number of carbonyl (C=O) groups excluding carboxylic acids is 1. The molecule has 1 aromatic carbocycles. The average Bonchev–Trinajstić information content (AvgIpc) is 3.18. The van der Waals surface area contributed by atoms with Crippen molar-refractivity contribution in [2.45, 2.75) is 39.2 Å². The monoisotopic (exact) mass is 438 g/mol. The van der Waals surface area contributed by atoms with Gasteiger partial charge in [0.15, 0.2) is 6.10 Å². The van der Waals surface area contributed by atoms with Gasteiger partial charge in [-0.2, -0.15) is 0 Å². The number of likely N-dealkylation sites (tertiary alicyclic amines) is 1. The lowest BCUT2D eigenvalue weighted by Gasteiger charge is -2.33. The molecule has 1 saturated heterocycles. The highest BCUT2D eigenvalue weighted by atomic mass is 32.1. The van der Waals surface area contributed by atoms with Gasteiger partial charge in [-0.05, 0) is 73.4 Å². The summed E-state index contributed by atoms with van der Waals surface area (Å²) in [5, 5.41) is 12.2. The number of hydrogen-bond donors (Lipinski definition) is 1. The third kappa shape index (κ3) is 4.71. The molecule has 6 nitrogen and oxygen atoms in total. The topological polar surface area (TPSA) is 79.7 Å². The number of nitrogens with zero attached hydrogens (tertiary/aromatic N) is 2. The molecule has 1 aliphatic heterocycles. The summed E-state index contributed by atoms with van der Waals surface area (Å²) in [4.78, 5) is 31.4. The predicted octanol–water partition coefficient (Wildman–Crippen LogP) is 4.75. The average molecular weight is 439 g/mol. The van der Waals surface area contributed by atoms with E-state index in [1.54, 1.807) is 29.4 Å². The van der Waals surface area contributed by atoms with Crippen LogP contribution in [0.1, 0.15) is 31.1 Å². The van der Waals surface area contributed by atoms with Gasteiger partial charge >= 0.3 is 5.97 Å². The molecule has 0 unspecified atom stereocenters. The lowest BCUT2D eigenvalue weighted by atomic mass is 9.94. The van der Waals surface area contributed by atoms with Gasteiger partial charge in [-0.25, -0.2) is 0 Å². The molecule has 3 heterocycles. The largest absolute Gasteiger partial charge is 0.481 e. The zero-order valence-electron chi connectivity index (χ0n) is 17.7. The molecule has 4 rings (SSSR count). The number of aryl methyl sites for hydroxylation is 1. The molecule has 7 heteroatoms. The summed E-state index contributed by atoms with van der Waals surface area (Å²) in [6.45, 7) is 4.97. The van der Waals surface area contributed by atoms with Gasteiger partial charge in [0.25, 0.3) is 5.91 Å². The molecule has 1 fully saturated rings. The van der Waals surface area contributed by atoms with Crippen LogP contribution < -0.4 is 4.74 Å². The highest BCUT2D eigenvalue weighted by Gasteiger charge is 2.29. The molecule has 0 aliphatic carbocycles. The SMILES string of the molecule is Cc1sccc1-c1ccnc2cc(O[C@H](C)C(=O)N3CCC[C@H](CC(=O)O)C3)ccc12. The highest BCUT2D eigenvalue weighted by molar-refractivity contribution is 7.10. The van der Waals surface area contributed by atoms with Crippen molar-refractivity contribution in [3.63, 3.8) is 0 Å². The van der Waals surface area contributed by atoms with Gasteiger partial charge in [-0.15, -0.1) is 11.3 Å². The summed E-state index contributed by atoms with van der Waals surface area (Å²) in [6, 6.07) is 9.88. The van der Waals surface area contributed by atoms with Crippen LogP contribution in [0, 0.1) is 12.8 Å². The Labute approximate surface area is 185 Å². The Balaban J connectivity index is 1.49. The number of ether oxygens (including phenoxy) is 1. The first-order valence-corrected chi connectivity index (χ1v) is 11.4. The summed E-state index contributed by atoms with van der Waals surface area (Å²) in [5.41, 5.74) is 3.16. The van der Waals surface area contributed by atoms with Crippen molar-refractivity contribution in [3.05, 3.63) is 46.8 Å². The molecular formula is C24H26N2O4S. The molecule has 31 heavy (non-hydrogen) atoms. The summed E-state index contributed by atoms with van der Waals surface area (Å²) < 4.78 is 5.96. The molecule has 3 aromatic rings. The Morgan fingerprint density at radius 2 is 2.13 bits per heavy atom. The van der Waals surface area contributed by atoms with Crippen molar-refractivity contribution < 1.29 is 19.4 Å². The molecule has 0 bridgehead atoms. The summed E-state index contributed by atoms with van der Waals surface area (Å²) in [7, 11) is 0. The zero-order chi connectivity index (χ0) is 22.0. The maximum Gasteiger partial charge on any atom is 0.303 e. The van der Waals surface area contributed by atoms with Crippen LogP contribution in [0.4, 0.5) is 0 Å². The van der Waals surface area contributed by atoms with E-state index in [9.17, 15) is 9.59 Å². The smallest absolute Gasteiger partial charge is 0.303 e. The molecule has 0 radical (unpaired) electrons. The number of rotatable bonds is 6. The maximum atomic E-state index is 12.9. The molecule has 1 amide bonds. The first-order chi connectivity index (χ1) is 14.9. The van der Waals surface area contributed by atoms with Crippen molar-refractivity contribution in [3.8, 4) is 16.9 Å². The fraction of sp³-hybridized carbons (Fsp3) is 0.375. The molecular weight excluding hydrogens is 412 g/mol. The summed E-state index contributed by atoms with van der Waals surface area (Å²) in [6.07, 6.45) is 2.91. The van der Waals surface area contributed by atoms with E-state index in [1.165, 1.54) is 10.4 Å². The highest BCUT2D eigenvalue weighted by Crippen LogP contribution is 2.34. The molecule has 0 saturated carbocycles. The molecule has 1 N–H and O–H groups in total. The van der Waals surface area contributed by atoms with Crippen molar-refractivity contribution in [1.82, 2.24) is 9.88 Å². The van der Waals surface area contributed by atoms with Crippen molar-refractivity contribution >= 4 is 34.1 Å². The lowest BCUT2D eigenvalue weighted by molar-refractivity contribution is -0.143. The van der Waals surface area contributed by atoms with E-state index < -0.39 is 12.1 Å². The van der Waals surface area contributed by atoms with Gasteiger partial charge in [0, 0.05) is 42.0 Å². The number of pyridine rings is 1. The van der Waals surface area contributed by atoms with E-state index >= 15 is 0 Å². The number of aliphatic carboxylic acids is 1.